The van der Waals surface area contributed by atoms with Crippen molar-refractivity contribution in [2.45, 2.75) is 41.8 Å². The third-order valence-electron chi connectivity index (χ3n) is 6.69. The van der Waals surface area contributed by atoms with E-state index in [9.17, 15) is 13.2 Å². The molecule has 2 fully saturated rings. The lowest BCUT2D eigenvalue weighted by molar-refractivity contribution is 0.0658. The Balaban J connectivity index is 1.53. The summed E-state index contributed by atoms with van der Waals surface area (Å²) in [6, 6.07) is 13.5. The largest absolute Gasteiger partial charge is 0.330 e. The van der Waals surface area contributed by atoms with E-state index in [4.69, 9.17) is 0 Å². The van der Waals surface area contributed by atoms with Crippen LogP contribution in [0.25, 0.3) is 0 Å². The number of amides is 2. The number of nitrogens with zero attached hydrogens (tertiary/aromatic N) is 3. The van der Waals surface area contributed by atoms with E-state index in [1.54, 1.807) is 11.0 Å². The number of carbonyl (C=O) groups excluding carboxylic acids is 1. The topological polar surface area (TPSA) is 82.6 Å². The molecule has 0 atom stereocenters. The molecule has 7 nitrogen and oxygen atoms in total. The molecule has 2 heterocycles. The molecule has 0 unspecified atom stereocenters. The number of aromatic nitrogens is 1. The lowest BCUT2D eigenvalue weighted by Crippen LogP contribution is -2.54. The number of hydrogen-bond donors (Lipinski definition) is 1. The Kier molecular flexibility index (Phi) is 5.10. The Morgan fingerprint density at radius 3 is 2.23 bits per heavy atom. The molecule has 1 aromatic heterocycles. The van der Waals surface area contributed by atoms with Gasteiger partial charge in [-0.1, -0.05) is 30.3 Å². The van der Waals surface area contributed by atoms with Crippen LogP contribution in [0.1, 0.15) is 31.2 Å². The molecule has 1 saturated heterocycles. The van der Waals surface area contributed by atoms with Crippen molar-refractivity contribution in [3.8, 4) is 0 Å². The van der Waals surface area contributed by atoms with Gasteiger partial charge >= 0.3 is 6.03 Å². The molecule has 2 aliphatic rings. The van der Waals surface area contributed by atoms with Crippen molar-refractivity contribution >= 4 is 21.6 Å². The van der Waals surface area contributed by atoms with Gasteiger partial charge in [-0.05, 0) is 57.5 Å². The summed E-state index contributed by atoms with van der Waals surface area (Å²) in [6.07, 6.45) is 6.23. The van der Waals surface area contributed by atoms with Gasteiger partial charge in [-0.2, -0.15) is 0 Å². The first-order valence-electron chi connectivity index (χ1n) is 10.1. The quantitative estimate of drug-likeness (QED) is 0.810. The number of urea groups is 1. The van der Waals surface area contributed by atoms with Crippen LogP contribution >= 0.6 is 0 Å². The van der Waals surface area contributed by atoms with E-state index in [2.05, 4.69) is 53.6 Å². The Morgan fingerprint density at radius 1 is 1.03 bits per heavy atom. The Bertz CT molecular complexity index is 1030. The van der Waals surface area contributed by atoms with Gasteiger partial charge in [0.15, 0.2) is 14.9 Å². The summed E-state index contributed by atoms with van der Waals surface area (Å²) in [5, 5.41) is 3.22. The lowest BCUT2D eigenvalue weighted by Gasteiger charge is -2.48. The minimum atomic E-state index is -3.37. The normalized spacial score (nSPS) is 26.9. The summed E-state index contributed by atoms with van der Waals surface area (Å²) in [6.45, 7) is 0.560. The predicted octanol–water partition coefficient (Wildman–Crippen LogP) is 2.78. The first-order valence-corrected chi connectivity index (χ1v) is 12.0. The van der Waals surface area contributed by atoms with Crippen LogP contribution in [0.4, 0.5) is 10.5 Å². The number of nitrogens with one attached hydrogen (secondary N) is 1. The zero-order valence-electron chi connectivity index (χ0n) is 17.6. The summed E-state index contributed by atoms with van der Waals surface area (Å²) < 4.78 is 23.3. The number of pyridine rings is 1. The van der Waals surface area contributed by atoms with E-state index in [-0.39, 0.29) is 22.1 Å². The fourth-order valence-corrected chi connectivity index (χ4v) is 5.40. The average Bonchev–Trinajstić information content (AvgIpc) is 3.04. The minimum Gasteiger partial charge on any atom is -0.330 e. The predicted molar refractivity (Wildman–Crippen MR) is 116 cm³/mol. The highest BCUT2D eigenvalue weighted by Crippen LogP contribution is 2.46. The van der Waals surface area contributed by atoms with Crippen LogP contribution in [-0.4, -0.2) is 56.8 Å². The molecule has 1 saturated carbocycles. The highest BCUT2D eigenvalue weighted by molar-refractivity contribution is 7.90. The van der Waals surface area contributed by atoms with Gasteiger partial charge in [-0.25, -0.2) is 18.2 Å². The van der Waals surface area contributed by atoms with Gasteiger partial charge in [0.1, 0.15) is 0 Å². The van der Waals surface area contributed by atoms with Crippen molar-refractivity contribution in [3.05, 3.63) is 54.2 Å². The van der Waals surface area contributed by atoms with Gasteiger partial charge in [0.05, 0.1) is 24.0 Å². The summed E-state index contributed by atoms with van der Waals surface area (Å²) in [4.78, 5) is 20.8. The molecule has 1 spiro atoms. The molecule has 1 N–H and O–H groups in total. The van der Waals surface area contributed by atoms with Crippen molar-refractivity contribution in [2.24, 2.45) is 0 Å². The zero-order chi connectivity index (χ0) is 21.6. The standard InChI is InChI=1S/C22H28N4O3S/c1-25(2)22(17-7-5-4-6-8-17)13-11-21(12-14-22)16-26(20(27)24-21)18-9-10-19(23-15-18)30(3,28)29/h4-10,15H,11-14,16H2,1-3H3,(H,24,27)/t21-,22-. The van der Waals surface area contributed by atoms with Crippen LogP contribution in [-0.2, 0) is 15.4 Å². The molecule has 4 rings (SSSR count). The Hall–Kier alpha value is -2.45. The second kappa shape index (κ2) is 7.35. The maximum atomic E-state index is 12.8. The first-order chi connectivity index (χ1) is 14.2. The number of anilines is 1. The van der Waals surface area contributed by atoms with Gasteiger partial charge in [-0.3, -0.25) is 9.80 Å². The highest BCUT2D eigenvalue weighted by Gasteiger charge is 2.50. The zero-order valence-corrected chi connectivity index (χ0v) is 18.4. The number of carbonyl (C=O) groups is 1. The maximum absolute atomic E-state index is 12.8. The fraction of sp³-hybridized carbons (Fsp3) is 0.455. The van der Waals surface area contributed by atoms with E-state index in [1.165, 1.54) is 17.8 Å². The highest BCUT2D eigenvalue weighted by atomic mass is 32.2. The minimum absolute atomic E-state index is 0.0110. The molecule has 160 valence electrons. The van der Waals surface area contributed by atoms with Crippen LogP contribution in [0.2, 0.25) is 0 Å². The molecule has 2 amide bonds. The third-order valence-corrected chi connectivity index (χ3v) is 7.69. The summed E-state index contributed by atoms with van der Waals surface area (Å²) in [5.41, 5.74) is 1.61. The number of benzene rings is 1. The second-order valence-corrected chi connectivity index (χ2v) is 10.7. The molecule has 2 aromatic rings. The third kappa shape index (κ3) is 3.58. The van der Waals surface area contributed by atoms with Crippen molar-refractivity contribution in [1.29, 1.82) is 0 Å². The smallest absolute Gasteiger partial charge is 0.322 e. The SMILES string of the molecule is CN(C)[C@]1(c2ccccc2)CC[C@@]2(CC1)CN(c1ccc(S(C)(=O)=O)nc1)C(=O)N2. The molecular formula is C22H28N4O3S. The number of rotatable bonds is 4. The fourth-order valence-electron chi connectivity index (χ4n) is 4.84. The maximum Gasteiger partial charge on any atom is 0.322 e. The number of hydrogen-bond acceptors (Lipinski definition) is 5. The van der Waals surface area contributed by atoms with E-state index in [0.29, 0.717) is 12.2 Å². The van der Waals surface area contributed by atoms with Crippen molar-refractivity contribution in [1.82, 2.24) is 15.2 Å². The van der Waals surface area contributed by atoms with Crippen LogP contribution in [0, 0.1) is 0 Å². The molecule has 1 aliphatic carbocycles. The molecule has 1 aromatic carbocycles. The molecular weight excluding hydrogens is 400 g/mol. The molecule has 0 radical (unpaired) electrons. The van der Waals surface area contributed by atoms with Gasteiger partial charge in [0, 0.05) is 11.8 Å². The van der Waals surface area contributed by atoms with E-state index < -0.39 is 9.84 Å². The van der Waals surface area contributed by atoms with Crippen LogP contribution in [0.3, 0.4) is 0 Å². The van der Waals surface area contributed by atoms with Crippen molar-refractivity contribution in [3.63, 3.8) is 0 Å². The average molecular weight is 429 g/mol. The Morgan fingerprint density at radius 2 is 1.70 bits per heavy atom. The van der Waals surface area contributed by atoms with E-state index in [0.717, 1.165) is 31.9 Å². The monoisotopic (exact) mass is 428 g/mol. The first kappa shape index (κ1) is 20.8. The van der Waals surface area contributed by atoms with Crippen LogP contribution in [0.15, 0.2) is 53.7 Å². The second-order valence-electron chi connectivity index (χ2n) is 8.72. The van der Waals surface area contributed by atoms with Gasteiger partial charge in [0.2, 0.25) is 0 Å². The molecule has 8 heteroatoms. The summed E-state index contributed by atoms with van der Waals surface area (Å²) in [7, 11) is 0.883. The molecule has 0 bridgehead atoms. The van der Waals surface area contributed by atoms with E-state index in [1.807, 2.05) is 6.07 Å². The van der Waals surface area contributed by atoms with Gasteiger partial charge < -0.3 is 5.32 Å². The van der Waals surface area contributed by atoms with Crippen LogP contribution < -0.4 is 10.2 Å². The van der Waals surface area contributed by atoms with Crippen molar-refractivity contribution in [2.75, 3.05) is 31.8 Å². The van der Waals surface area contributed by atoms with Crippen molar-refractivity contribution < 1.29 is 13.2 Å². The molecule has 1 aliphatic heterocycles. The summed E-state index contributed by atoms with van der Waals surface area (Å²) >= 11 is 0. The van der Waals surface area contributed by atoms with Gasteiger partial charge in [-0.15, -0.1) is 0 Å². The lowest BCUT2D eigenvalue weighted by atomic mass is 9.69. The molecule has 30 heavy (non-hydrogen) atoms. The Labute approximate surface area is 178 Å². The van der Waals surface area contributed by atoms with E-state index >= 15 is 0 Å². The summed E-state index contributed by atoms with van der Waals surface area (Å²) in [5.74, 6) is 0. The van der Waals surface area contributed by atoms with Crippen LogP contribution in [0.5, 0.6) is 0 Å². The number of sulfone groups is 1. The van der Waals surface area contributed by atoms with Gasteiger partial charge in [0.25, 0.3) is 0 Å².